The average molecular weight is 1590 g/mol. The number of rotatable bonds is 9. The smallest absolute Gasteiger partial charge is 0.235 e. The first kappa shape index (κ1) is 69.4. The Kier molecular flexibility index (Phi) is 17.4. The van der Waals surface area contributed by atoms with Crippen molar-refractivity contribution in [3.05, 3.63) is 405 Å². The van der Waals surface area contributed by atoms with Crippen LogP contribution >= 0.6 is 38.6 Å². The number of nitrogens with one attached hydrogen (secondary N) is 1. The van der Waals surface area contributed by atoms with Crippen LogP contribution in [0.15, 0.2) is 405 Å². The molecule has 9 heteroatoms. The molecule has 0 aliphatic heterocycles. The van der Waals surface area contributed by atoms with Gasteiger partial charge in [0, 0.05) is 100 Å². The topological polar surface area (TPSA) is 72.3 Å². The largest absolute Gasteiger partial charge is 0.354 e. The normalized spacial score (nSPS) is 11.6. The summed E-state index contributed by atoms with van der Waals surface area (Å²) in [4.78, 5) is 23.5. The minimum absolute atomic E-state index is 0.604. The molecule has 1 N–H and O–H groups in total. The number of fused-ring (bicyclic) bond motifs is 24. The highest BCUT2D eigenvalue weighted by molar-refractivity contribution is 9.10. The van der Waals surface area contributed by atoms with E-state index < -0.39 is 0 Å². The molecule has 0 bridgehead atoms. The summed E-state index contributed by atoms with van der Waals surface area (Å²) in [7, 11) is 0. The highest BCUT2D eigenvalue weighted by atomic mass is 79.9. The summed E-state index contributed by atoms with van der Waals surface area (Å²) in [5.74, 6) is 0.655. The molecule has 6 heterocycles. The van der Waals surface area contributed by atoms with E-state index in [9.17, 15) is 0 Å². The first-order valence-corrected chi connectivity index (χ1v) is 41.8. The average Bonchev–Trinajstić information content (AvgIpc) is 1.55. The van der Waals surface area contributed by atoms with Gasteiger partial charge >= 0.3 is 0 Å². The molecule has 0 unspecified atom stereocenters. The number of nitrogens with zero attached hydrogens (tertiary/aromatic N) is 5. The Hall–Kier alpha value is -14.3. The number of halogens is 1. The summed E-state index contributed by atoms with van der Waals surface area (Å²) >= 11 is 7.19. The third-order valence-corrected chi connectivity index (χ3v) is 25.6. The van der Waals surface area contributed by atoms with Gasteiger partial charge in [-0.1, -0.05) is 352 Å². The van der Waals surface area contributed by atoms with Gasteiger partial charge in [-0.2, -0.15) is 0 Å². The molecule has 6 aromatic heterocycles. The van der Waals surface area contributed by atoms with Crippen LogP contribution in [-0.4, -0.2) is 29.5 Å². The zero-order valence-electron chi connectivity index (χ0n) is 63.0. The SMILES string of the molecule is Brc1nc(-c2ccccc2)cc(-c2ccccc2)n1.c1ccc(-c2ccc(-c3ccc4sc5c(c4c3)c3ccccc3c3[nH]c4ccc6ccccc6c4c35)cc2)cc1.c1ccc(-c2ccc(-c3ccc4sc5c(c4c3)c3ccccc3c3c5c4c5ccccc5ccc4n3-c3nc(-c4ccccc4)cc(-c4ccccc4)n3)cc2)cc1. The predicted octanol–water partition coefficient (Wildman–Crippen LogP) is 30.8. The Morgan fingerprint density at radius 1 is 0.239 bits per heavy atom. The fourth-order valence-electron chi connectivity index (χ4n) is 17.4. The molecule has 0 fully saturated rings. The second kappa shape index (κ2) is 29.3. The number of aromatic amines is 1. The first-order chi connectivity index (χ1) is 57.9. The standard InChI is InChI=1S/C54H33N3S.C38H23NS.C16H11BrN2/c1-4-14-34(15-5-1)35-24-26-36(27-25-35)40-29-31-48-44(32-40)49-42-22-12-13-23-43(42)52-51(53(49)58-48)50-41-21-11-10-16-37(41)28-30-47(50)57(52)54-55-45(38-17-6-2-7-18-38)33-46(56-54)39-19-8-3-9-20-39;1-2-8-23(9-3-1)24-14-16-25(17-15-24)27-19-21-33-31(22-27)34-29-12-6-7-13-30(29)37-36(38(34)40-33)35-28-11-5-4-10-26(28)18-20-32(35)39-37;17-16-18-14(12-7-3-1-4-8-12)11-15(19-16)13-9-5-2-6-10-13/h1-33H;1-22,39H;1-11H. The molecule has 0 aliphatic rings. The minimum Gasteiger partial charge on any atom is -0.354 e. The van der Waals surface area contributed by atoms with Crippen LogP contribution in [0, 0.1) is 0 Å². The van der Waals surface area contributed by atoms with E-state index in [0.717, 1.165) is 56.1 Å². The summed E-state index contributed by atoms with van der Waals surface area (Å²) in [6.45, 7) is 0. The van der Waals surface area contributed by atoms with E-state index in [1.165, 1.54) is 161 Å². The van der Waals surface area contributed by atoms with E-state index in [-0.39, 0.29) is 0 Å². The summed E-state index contributed by atoms with van der Waals surface area (Å²) in [6, 6.07) is 143. The summed E-state index contributed by atoms with van der Waals surface area (Å²) in [5.41, 5.74) is 22.4. The van der Waals surface area contributed by atoms with Gasteiger partial charge in [-0.05, 0) is 141 Å². The van der Waals surface area contributed by atoms with Crippen molar-refractivity contribution in [2.45, 2.75) is 0 Å². The molecule has 0 radical (unpaired) electrons. The Bertz CT molecular complexity index is 7850. The Labute approximate surface area is 690 Å². The second-order valence-electron chi connectivity index (χ2n) is 29.6. The van der Waals surface area contributed by atoms with Crippen molar-refractivity contribution in [3.8, 4) is 95.5 Å². The highest BCUT2D eigenvalue weighted by Crippen LogP contribution is 2.52. The van der Waals surface area contributed by atoms with Crippen LogP contribution < -0.4 is 0 Å². The van der Waals surface area contributed by atoms with Crippen molar-refractivity contribution >= 4 is 166 Å². The fourth-order valence-corrected chi connectivity index (χ4v) is 20.2. The molecule has 24 aromatic rings. The van der Waals surface area contributed by atoms with Crippen LogP contribution in [-0.2, 0) is 0 Å². The number of hydrogen-bond donors (Lipinski definition) is 1. The Morgan fingerprint density at radius 3 is 1.04 bits per heavy atom. The van der Waals surface area contributed by atoms with Gasteiger partial charge in [-0.15, -0.1) is 22.7 Å². The lowest BCUT2D eigenvalue weighted by Crippen LogP contribution is -2.04. The Morgan fingerprint density at radius 2 is 0.581 bits per heavy atom. The molecule has 0 amide bonds. The van der Waals surface area contributed by atoms with Gasteiger partial charge < -0.3 is 4.98 Å². The zero-order chi connectivity index (χ0) is 77.4. The summed E-state index contributed by atoms with van der Waals surface area (Å²) in [5, 5.41) is 20.4. The Balaban J connectivity index is 0.000000120. The van der Waals surface area contributed by atoms with E-state index in [1.807, 2.05) is 89.4 Å². The van der Waals surface area contributed by atoms with Crippen molar-refractivity contribution in [1.82, 2.24) is 29.5 Å². The van der Waals surface area contributed by atoms with Crippen LogP contribution in [0.25, 0.3) is 223 Å². The van der Waals surface area contributed by atoms with Gasteiger partial charge in [-0.25, -0.2) is 19.9 Å². The maximum absolute atomic E-state index is 5.41. The van der Waals surface area contributed by atoms with Crippen molar-refractivity contribution in [1.29, 1.82) is 0 Å². The number of aromatic nitrogens is 6. The van der Waals surface area contributed by atoms with Crippen LogP contribution in [0.4, 0.5) is 0 Å². The maximum Gasteiger partial charge on any atom is 0.235 e. The molecule has 0 spiro atoms. The summed E-state index contributed by atoms with van der Waals surface area (Å²) < 4.78 is 8.18. The molecular weight excluding hydrogens is 1530 g/mol. The van der Waals surface area contributed by atoms with E-state index >= 15 is 0 Å². The van der Waals surface area contributed by atoms with Crippen LogP contribution in [0.5, 0.6) is 0 Å². The highest BCUT2D eigenvalue weighted by Gasteiger charge is 2.27. The lowest BCUT2D eigenvalue weighted by molar-refractivity contribution is 0.998. The van der Waals surface area contributed by atoms with Gasteiger partial charge in [0.05, 0.1) is 39.3 Å². The second-order valence-corrected chi connectivity index (χ2v) is 32.5. The molecule has 24 rings (SSSR count). The third kappa shape index (κ3) is 12.4. The third-order valence-electron chi connectivity index (χ3n) is 22.8. The molecule has 548 valence electrons. The molecule has 0 saturated carbocycles. The fraction of sp³-hybridized carbons (Fsp3) is 0. The zero-order valence-corrected chi connectivity index (χ0v) is 66.3. The minimum atomic E-state index is 0.604. The quantitative estimate of drug-likeness (QED) is 0.146. The monoisotopic (exact) mass is 1590 g/mol. The van der Waals surface area contributed by atoms with Crippen LogP contribution in [0.3, 0.4) is 0 Å². The van der Waals surface area contributed by atoms with Gasteiger partial charge in [-0.3, -0.25) is 4.57 Å². The van der Waals surface area contributed by atoms with E-state index in [0.29, 0.717) is 10.7 Å². The lowest BCUT2D eigenvalue weighted by atomic mass is 9.96. The molecule has 6 nitrogen and oxygen atoms in total. The van der Waals surface area contributed by atoms with Gasteiger partial charge in [0.1, 0.15) is 0 Å². The number of hydrogen-bond acceptors (Lipinski definition) is 6. The molecular formula is C108H67BrN6S2. The van der Waals surface area contributed by atoms with Crippen molar-refractivity contribution < 1.29 is 0 Å². The predicted molar refractivity (Wildman–Crippen MR) is 501 cm³/mol. The van der Waals surface area contributed by atoms with Crippen molar-refractivity contribution in [2.75, 3.05) is 0 Å². The molecule has 117 heavy (non-hydrogen) atoms. The van der Waals surface area contributed by atoms with Gasteiger partial charge in [0.25, 0.3) is 0 Å². The van der Waals surface area contributed by atoms with Crippen molar-refractivity contribution in [2.24, 2.45) is 0 Å². The number of H-pyrrole nitrogens is 1. The first-order valence-electron chi connectivity index (χ1n) is 39.3. The summed E-state index contributed by atoms with van der Waals surface area (Å²) in [6.07, 6.45) is 0. The van der Waals surface area contributed by atoms with Crippen molar-refractivity contribution in [3.63, 3.8) is 0 Å². The van der Waals surface area contributed by atoms with Gasteiger partial charge in [0.2, 0.25) is 5.95 Å². The molecule has 0 aliphatic carbocycles. The molecule has 0 atom stereocenters. The van der Waals surface area contributed by atoms with E-state index in [2.05, 4.69) is 369 Å². The lowest BCUT2D eigenvalue weighted by Gasteiger charge is -2.13. The van der Waals surface area contributed by atoms with Crippen LogP contribution in [0.1, 0.15) is 0 Å². The number of benzene rings is 18. The van der Waals surface area contributed by atoms with Gasteiger partial charge in [0.15, 0.2) is 4.73 Å². The van der Waals surface area contributed by atoms with Crippen LogP contribution in [0.2, 0.25) is 0 Å². The number of thiophene rings is 2. The van der Waals surface area contributed by atoms with E-state index in [4.69, 9.17) is 9.97 Å². The van der Waals surface area contributed by atoms with E-state index in [1.54, 1.807) is 0 Å². The maximum atomic E-state index is 5.41. The molecule has 0 saturated heterocycles. The molecule has 18 aromatic carbocycles.